The Bertz CT molecular complexity index is 962. The Labute approximate surface area is 224 Å². The van der Waals surface area contributed by atoms with E-state index in [0.29, 0.717) is 25.3 Å². The van der Waals surface area contributed by atoms with E-state index < -0.39 is 0 Å². The van der Waals surface area contributed by atoms with E-state index in [0.717, 1.165) is 51.7 Å². The minimum atomic E-state index is 0.254. The van der Waals surface area contributed by atoms with Crippen molar-refractivity contribution in [2.75, 3.05) is 26.2 Å². The molecule has 0 spiro atoms. The lowest BCUT2D eigenvalue weighted by atomic mass is 9.95. The molecule has 0 aromatic heterocycles. The second-order valence-electron chi connectivity index (χ2n) is 10.6. The molecule has 37 heavy (non-hydrogen) atoms. The number of aryl methyl sites for hydroxylation is 1. The number of piperidine rings is 1. The van der Waals surface area contributed by atoms with Gasteiger partial charge in [0.1, 0.15) is 0 Å². The Hall–Kier alpha value is -2.88. The summed E-state index contributed by atoms with van der Waals surface area (Å²) in [6.07, 6.45) is 11.9. The van der Waals surface area contributed by atoms with Crippen molar-refractivity contribution in [3.8, 4) is 0 Å². The minimum absolute atomic E-state index is 0.254. The number of nitrogens with zero attached hydrogens (tertiary/aromatic N) is 2. The van der Waals surface area contributed by atoms with E-state index in [4.69, 9.17) is 0 Å². The first-order valence-electron chi connectivity index (χ1n) is 14.4. The molecule has 0 unspecified atom stereocenters. The average molecular weight is 503 g/mol. The molecule has 4 nitrogen and oxygen atoms in total. The van der Waals surface area contributed by atoms with Gasteiger partial charge in [0.2, 0.25) is 11.8 Å². The number of hydrogen-bond donors (Lipinski definition) is 0. The van der Waals surface area contributed by atoms with Gasteiger partial charge in [-0.3, -0.25) is 9.59 Å². The van der Waals surface area contributed by atoms with Crippen molar-refractivity contribution in [1.82, 2.24) is 9.80 Å². The van der Waals surface area contributed by atoms with Crippen LogP contribution in [0.25, 0.3) is 6.08 Å². The standard InChI is InChI=1S/C33H46N2O2/c1-3-4-5-6-13-18-32(36)35(26-28(2)25-30-16-11-8-12-17-30)27-31-21-23-34(24-22-31)33(37)20-19-29-14-9-7-10-15-29/h7-12,14-17,25,31H,3-6,13,18-24,26-27H2,1-2H3/b28-25+. The van der Waals surface area contributed by atoms with E-state index in [1.54, 1.807) is 0 Å². The molecule has 0 saturated carbocycles. The van der Waals surface area contributed by atoms with Crippen molar-refractivity contribution in [3.05, 3.63) is 77.4 Å². The quantitative estimate of drug-likeness (QED) is 0.257. The van der Waals surface area contributed by atoms with E-state index >= 15 is 0 Å². The van der Waals surface area contributed by atoms with Gasteiger partial charge in [-0.1, -0.05) is 105 Å². The van der Waals surface area contributed by atoms with Crippen LogP contribution in [0, 0.1) is 5.92 Å². The molecule has 200 valence electrons. The summed E-state index contributed by atoms with van der Waals surface area (Å²) < 4.78 is 0. The Balaban J connectivity index is 1.52. The van der Waals surface area contributed by atoms with Gasteiger partial charge in [-0.25, -0.2) is 0 Å². The average Bonchev–Trinajstić information content (AvgIpc) is 2.92. The first kappa shape index (κ1) is 28.7. The molecule has 2 aromatic rings. The number of hydrogen-bond acceptors (Lipinski definition) is 2. The molecule has 4 heteroatoms. The molecule has 0 atom stereocenters. The van der Waals surface area contributed by atoms with E-state index in [-0.39, 0.29) is 11.8 Å². The lowest BCUT2D eigenvalue weighted by Crippen LogP contribution is -2.43. The summed E-state index contributed by atoms with van der Waals surface area (Å²) >= 11 is 0. The van der Waals surface area contributed by atoms with Gasteiger partial charge in [0.15, 0.2) is 0 Å². The molecular formula is C33H46N2O2. The summed E-state index contributed by atoms with van der Waals surface area (Å²) in [5.74, 6) is 0.981. The summed E-state index contributed by atoms with van der Waals surface area (Å²) in [6.45, 7) is 7.42. The molecular weight excluding hydrogens is 456 g/mol. The normalized spacial score (nSPS) is 14.5. The highest BCUT2D eigenvalue weighted by Gasteiger charge is 2.26. The van der Waals surface area contributed by atoms with Gasteiger partial charge in [0.05, 0.1) is 0 Å². The van der Waals surface area contributed by atoms with Gasteiger partial charge >= 0.3 is 0 Å². The van der Waals surface area contributed by atoms with Crippen molar-refractivity contribution < 1.29 is 9.59 Å². The lowest BCUT2D eigenvalue weighted by molar-refractivity contribution is -0.134. The van der Waals surface area contributed by atoms with Crippen LogP contribution in [-0.4, -0.2) is 47.8 Å². The maximum absolute atomic E-state index is 13.3. The number of benzene rings is 2. The Morgan fingerprint density at radius 3 is 2.22 bits per heavy atom. The van der Waals surface area contributed by atoms with Crippen molar-refractivity contribution in [2.24, 2.45) is 5.92 Å². The Morgan fingerprint density at radius 1 is 0.892 bits per heavy atom. The number of rotatable bonds is 14. The fraction of sp³-hybridized carbons (Fsp3) is 0.515. The van der Waals surface area contributed by atoms with Crippen molar-refractivity contribution in [3.63, 3.8) is 0 Å². The van der Waals surface area contributed by atoms with Crippen LogP contribution in [0.1, 0.15) is 82.8 Å². The van der Waals surface area contributed by atoms with Crippen LogP contribution >= 0.6 is 0 Å². The monoisotopic (exact) mass is 502 g/mol. The van der Waals surface area contributed by atoms with Crippen LogP contribution in [0.15, 0.2) is 66.2 Å². The van der Waals surface area contributed by atoms with Gasteiger partial charge in [0, 0.05) is 39.0 Å². The number of carbonyl (C=O) groups excluding carboxylic acids is 2. The van der Waals surface area contributed by atoms with Gasteiger partial charge in [-0.05, 0) is 49.7 Å². The highest BCUT2D eigenvalue weighted by molar-refractivity contribution is 5.77. The summed E-state index contributed by atoms with van der Waals surface area (Å²) in [6, 6.07) is 20.6. The van der Waals surface area contributed by atoms with Crippen molar-refractivity contribution in [2.45, 2.75) is 78.1 Å². The molecule has 0 aliphatic carbocycles. The van der Waals surface area contributed by atoms with Crippen LogP contribution in [-0.2, 0) is 16.0 Å². The molecule has 0 bridgehead atoms. The fourth-order valence-electron chi connectivity index (χ4n) is 5.20. The largest absolute Gasteiger partial charge is 0.343 e. The highest BCUT2D eigenvalue weighted by atomic mass is 16.2. The molecule has 1 aliphatic heterocycles. The lowest BCUT2D eigenvalue weighted by Gasteiger charge is -2.35. The van der Waals surface area contributed by atoms with Crippen LogP contribution in [0.3, 0.4) is 0 Å². The van der Waals surface area contributed by atoms with Gasteiger partial charge < -0.3 is 9.80 Å². The first-order chi connectivity index (χ1) is 18.0. The SMILES string of the molecule is CCCCCCCC(=O)N(C/C(C)=C/c1ccccc1)CC1CCN(C(=O)CCc2ccccc2)CC1. The van der Waals surface area contributed by atoms with E-state index in [1.807, 2.05) is 41.3 Å². The zero-order valence-electron chi connectivity index (χ0n) is 23.0. The summed E-state index contributed by atoms with van der Waals surface area (Å²) in [7, 11) is 0. The second-order valence-corrected chi connectivity index (χ2v) is 10.6. The summed E-state index contributed by atoms with van der Waals surface area (Å²) in [5, 5.41) is 0. The number of unbranched alkanes of at least 4 members (excludes halogenated alkanes) is 4. The van der Waals surface area contributed by atoms with Crippen molar-refractivity contribution >= 4 is 17.9 Å². The summed E-state index contributed by atoms with van der Waals surface area (Å²) in [4.78, 5) is 30.2. The predicted octanol–water partition coefficient (Wildman–Crippen LogP) is 7.15. The highest BCUT2D eigenvalue weighted by Crippen LogP contribution is 2.21. The molecule has 0 radical (unpaired) electrons. The van der Waals surface area contributed by atoms with E-state index in [9.17, 15) is 9.59 Å². The fourth-order valence-corrected chi connectivity index (χ4v) is 5.20. The third-order valence-electron chi connectivity index (χ3n) is 7.42. The molecule has 1 fully saturated rings. The molecule has 2 amide bonds. The number of amides is 2. The Kier molecular flexibility index (Phi) is 12.5. The molecule has 1 aliphatic rings. The van der Waals surface area contributed by atoms with Gasteiger partial charge in [0.25, 0.3) is 0 Å². The van der Waals surface area contributed by atoms with Crippen LogP contribution in [0.2, 0.25) is 0 Å². The predicted molar refractivity (Wildman–Crippen MR) is 154 cm³/mol. The smallest absolute Gasteiger partial charge is 0.222 e. The van der Waals surface area contributed by atoms with Gasteiger partial charge in [-0.15, -0.1) is 0 Å². The molecule has 1 heterocycles. The first-order valence-corrected chi connectivity index (χ1v) is 14.4. The topological polar surface area (TPSA) is 40.6 Å². The number of carbonyl (C=O) groups is 2. The second kappa shape index (κ2) is 16.1. The zero-order valence-corrected chi connectivity index (χ0v) is 23.0. The number of likely N-dealkylation sites (tertiary alicyclic amines) is 1. The third-order valence-corrected chi connectivity index (χ3v) is 7.42. The van der Waals surface area contributed by atoms with Crippen molar-refractivity contribution in [1.29, 1.82) is 0 Å². The van der Waals surface area contributed by atoms with Crippen LogP contribution < -0.4 is 0 Å². The van der Waals surface area contributed by atoms with Gasteiger partial charge in [-0.2, -0.15) is 0 Å². The summed E-state index contributed by atoms with van der Waals surface area (Å²) in [5.41, 5.74) is 3.60. The molecule has 3 rings (SSSR count). The third kappa shape index (κ3) is 10.6. The molecule has 1 saturated heterocycles. The zero-order chi connectivity index (χ0) is 26.3. The Morgan fingerprint density at radius 2 is 1.54 bits per heavy atom. The maximum atomic E-state index is 13.3. The van der Waals surface area contributed by atoms with Crippen LogP contribution in [0.4, 0.5) is 0 Å². The van der Waals surface area contributed by atoms with Crippen LogP contribution in [0.5, 0.6) is 0 Å². The molecule has 0 N–H and O–H groups in total. The minimum Gasteiger partial charge on any atom is -0.343 e. The van der Waals surface area contributed by atoms with E-state index in [2.05, 4.69) is 49.1 Å². The van der Waals surface area contributed by atoms with E-state index in [1.165, 1.54) is 36.0 Å². The maximum Gasteiger partial charge on any atom is 0.222 e. The molecule has 2 aromatic carbocycles.